The SMILES string of the molecule is COc1ccsc1CCl. The predicted molar refractivity (Wildman–Crippen MR) is 40.4 cm³/mol. The first-order valence-corrected chi connectivity index (χ1v) is 3.96. The Bertz CT molecular complexity index is 166. The zero-order valence-corrected chi connectivity index (χ0v) is 6.63. The van der Waals surface area contributed by atoms with Crippen LogP contribution in [0.4, 0.5) is 0 Å². The zero-order valence-electron chi connectivity index (χ0n) is 5.06. The average Bonchev–Trinajstić information content (AvgIpc) is 2.33. The molecule has 0 bridgehead atoms. The van der Waals surface area contributed by atoms with Gasteiger partial charge in [-0.1, -0.05) is 0 Å². The molecule has 0 radical (unpaired) electrons. The van der Waals surface area contributed by atoms with Crippen molar-refractivity contribution >= 4 is 22.9 Å². The van der Waals surface area contributed by atoms with Crippen LogP contribution in [0, 0.1) is 0 Å². The summed E-state index contributed by atoms with van der Waals surface area (Å²) in [4.78, 5) is 1.10. The Labute approximate surface area is 63.2 Å². The van der Waals surface area contributed by atoms with Gasteiger partial charge in [-0.15, -0.1) is 22.9 Å². The largest absolute Gasteiger partial charge is 0.496 e. The lowest BCUT2D eigenvalue weighted by molar-refractivity contribution is 0.413. The number of ether oxygens (including phenoxy) is 1. The molecule has 0 saturated heterocycles. The summed E-state index contributed by atoms with van der Waals surface area (Å²) in [6.07, 6.45) is 0. The maximum absolute atomic E-state index is 5.58. The first-order chi connectivity index (χ1) is 4.38. The zero-order chi connectivity index (χ0) is 6.69. The van der Waals surface area contributed by atoms with Gasteiger partial charge in [0.25, 0.3) is 0 Å². The fourth-order valence-corrected chi connectivity index (χ4v) is 1.62. The molecule has 1 aromatic rings. The molecule has 1 nitrogen and oxygen atoms in total. The van der Waals surface area contributed by atoms with Crippen molar-refractivity contribution in [3.63, 3.8) is 0 Å². The smallest absolute Gasteiger partial charge is 0.133 e. The number of hydrogen-bond donors (Lipinski definition) is 0. The molecule has 1 rings (SSSR count). The van der Waals surface area contributed by atoms with E-state index in [-0.39, 0.29) is 0 Å². The van der Waals surface area contributed by atoms with Crippen LogP contribution in [-0.4, -0.2) is 7.11 Å². The second-order valence-corrected chi connectivity index (χ2v) is 2.81. The minimum Gasteiger partial charge on any atom is -0.496 e. The van der Waals surface area contributed by atoms with Crippen LogP contribution in [0.15, 0.2) is 11.4 Å². The van der Waals surface area contributed by atoms with Gasteiger partial charge in [0, 0.05) is 0 Å². The molecule has 0 N–H and O–H groups in total. The summed E-state index contributed by atoms with van der Waals surface area (Å²) < 4.78 is 5.00. The van der Waals surface area contributed by atoms with Gasteiger partial charge in [0.15, 0.2) is 0 Å². The third-order valence-corrected chi connectivity index (χ3v) is 2.37. The van der Waals surface area contributed by atoms with Gasteiger partial charge in [-0.3, -0.25) is 0 Å². The molecular weight excluding hydrogens is 156 g/mol. The first-order valence-electron chi connectivity index (χ1n) is 2.55. The Hall–Kier alpha value is -0.210. The molecule has 0 unspecified atom stereocenters. The maximum atomic E-state index is 5.58. The molecule has 1 aromatic heterocycles. The Morgan fingerprint density at radius 2 is 2.56 bits per heavy atom. The van der Waals surface area contributed by atoms with Gasteiger partial charge in [0.05, 0.1) is 17.9 Å². The summed E-state index contributed by atoms with van der Waals surface area (Å²) in [6, 6.07) is 1.92. The van der Waals surface area contributed by atoms with Crippen molar-refractivity contribution < 1.29 is 4.74 Å². The number of alkyl halides is 1. The number of hydrogen-bond acceptors (Lipinski definition) is 2. The normalized spacial score (nSPS) is 9.56. The van der Waals surface area contributed by atoms with Crippen LogP contribution < -0.4 is 4.74 Å². The molecule has 0 aliphatic carbocycles. The van der Waals surface area contributed by atoms with E-state index in [1.807, 2.05) is 11.4 Å². The van der Waals surface area contributed by atoms with Crippen LogP contribution in [0.3, 0.4) is 0 Å². The van der Waals surface area contributed by atoms with E-state index < -0.39 is 0 Å². The highest BCUT2D eigenvalue weighted by Crippen LogP contribution is 2.25. The van der Waals surface area contributed by atoms with Crippen LogP contribution in [-0.2, 0) is 5.88 Å². The van der Waals surface area contributed by atoms with Gasteiger partial charge in [0.2, 0.25) is 0 Å². The Balaban J connectivity index is 2.85. The molecular formula is C6H7ClOS. The van der Waals surface area contributed by atoms with Gasteiger partial charge < -0.3 is 4.74 Å². The lowest BCUT2D eigenvalue weighted by atomic mass is 10.5. The topological polar surface area (TPSA) is 9.23 Å². The van der Waals surface area contributed by atoms with E-state index in [0.717, 1.165) is 10.6 Å². The third-order valence-electron chi connectivity index (χ3n) is 1.05. The fourth-order valence-electron chi connectivity index (χ4n) is 0.608. The van der Waals surface area contributed by atoms with Crippen molar-refractivity contribution in [3.05, 3.63) is 16.3 Å². The molecule has 1 heterocycles. The third kappa shape index (κ3) is 1.37. The number of halogens is 1. The molecule has 0 amide bonds. The summed E-state index contributed by atoms with van der Waals surface area (Å²) in [5.41, 5.74) is 0. The standard InChI is InChI=1S/C6H7ClOS/c1-8-5-2-3-9-6(5)4-7/h2-3H,4H2,1H3. The monoisotopic (exact) mass is 162 g/mol. The lowest BCUT2D eigenvalue weighted by Gasteiger charge is -1.95. The maximum Gasteiger partial charge on any atom is 0.133 e. The lowest BCUT2D eigenvalue weighted by Crippen LogP contribution is -1.81. The minimum absolute atomic E-state index is 0.543. The highest BCUT2D eigenvalue weighted by molar-refractivity contribution is 7.10. The van der Waals surface area contributed by atoms with E-state index in [1.54, 1.807) is 18.4 Å². The molecule has 50 valence electrons. The Kier molecular flexibility index (Phi) is 2.37. The summed E-state index contributed by atoms with van der Waals surface area (Å²) in [5, 5.41) is 1.97. The summed E-state index contributed by atoms with van der Waals surface area (Å²) in [7, 11) is 1.65. The Morgan fingerprint density at radius 1 is 1.78 bits per heavy atom. The second kappa shape index (κ2) is 3.08. The van der Waals surface area contributed by atoms with E-state index in [4.69, 9.17) is 16.3 Å². The molecule has 0 atom stereocenters. The highest BCUT2D eigenvalue weighted by Gasteiger charge is 1.99. The van der Waals surface area contributed by atoms with Crippen molar-refractivity contribution in [2.75, 3.05) is 7.11 Å². The van der Waals surface area contributed by atoms with E-state index in [2.05, 4.69) is 0 Å². The molecule has 0 saturated carbocycles. The van der Waals surface area contributed by atoms with Crippen molar-refractivity contribution in [3.8, 4) is 5.75 Å². The quantitative estimate of drug-likeness (QED) is 0.608. The summed E-state index contributed by atoms with van der Waals surface area (Å²) >= 11 is 7.20. The second-order valence-electron chi connectivity index (χ2n) is 1.55. The highest BCUT2D eigenvalue weighted by atomic mass is 35.5. The minimum atomic E-state index is 0.543. The van der Waals surface area contributed by atoms with Crippen molar-refractivity contribution in [1.29, 1.82) is 0 Å². The van der Waals surface area contributed by atoms with E-state index in [0.29, 0.717) is 5.88 Å². The number of rotatable bonds is 2. The van der Waals surface area contributed by atoms with E-state index >= 15 is 0 Å². The van der Waals surface area contributed by atoms with Gasteiger partial charge in [-0.25, -0.2) is 0 Å². The van der Waals surface area contributed by atoms with E-state index in [1.165, 1.54) is 0 Å². The molecule has 9 heavy (non-hydrogen) atoms. The van der Waals surface area contributed by atoms with Crippen molar-refractivity contribution in [1.82, 2.24) is 0 Å². The van der Waals surface area contributed by atoms with Gasteiger partial charge in [0.1, 0.15) is 5.75 Å². The fraction of sp³-hybridized carbons (Fsp3) is 0.333. The molecule has 0 fully saturated rings. The van der Waals surface area contributed by atoms with Crippen molar-refractivity contribution in [2.24, 2.45) is 0 Å². The summed E-state index contributed by atoms with van der Waals surface area (Å²) in [6.45, 7) is 0. The van der Waals surface area contributed by atoms with Crippen LogP contribution in [0.1, 0.15) is 4.88 Å². The average molecular weight is 163 g/mol. The van der Waals surface area contributed by atoms with Gasteiger partial charge in [-0.2, -0.15) is 0 Å². The summed E-state index contributed by atoms with van der Waals surface area (Å²) in [5.74, 6) is 1.44. The molecule has 3 heteroatoms. The Morgan fingerprint density at radius 3 is 3.00 bits per heavy atom. The van der Waals surface area contributed by atoms with Gasteiger partial charge >= 0.3 is 0 Å². The predicted octanol–water partition coefficient (Wildman–Crippen LogP) is 2.50. The first kappa shape index (κ1) is 6.90. The van der Waals surface area contributed by atoms with Crippen LogP contribution in [0.2, 0.25) is 0 Å². The number of methoxy groups -OCH3 is 1. The molecule has 0 aromatic carbocycles. The van der Waals surface area contributed by atoms with Crippen molar-refractivity contribution in [2.45, 2.75) is 5.88 Å². The van der Waals surface area contributed by atoms with Crippen LogP contribution in [0.5, 0.6) is 5.75 Å². The molecule has 0 spiro atoms. The molecule has 0 aliphatic rings. The number of thiophene rings is 1. The van der Waals surface area contributed by atoms with Crippen LogP contribution in [0.25, 0.3) is 0 Å². The molecule has 0 aliphatic heterocycles. The van der Waals surface area contributed by atoms with E-state index in [9.17, 15) is 0 Å². The van der Waals surface area contributed by atoms with Gasteiger partial charge in [-0.05, 0) is 11.4 Å². The van der Waals surface area contributed by atoms with Crippen LogP contribution >= 0.6 is 22.9 Å².